The minimum atomic E-state index is -0.0648. The van der Waals surface area contributed by atoms with Crippen LogP contribution in [0.5, 0.6) is 0 Å². The van der Waals surface area contributed by atoms with Gasteiger partial charge in [-0.15, -0.1) is 0 Å². The largest absolute Gasteiger partial charge is 0.356 e. The van der Waals surface area contributed by atoms with Crippen LogP contribution in [0.15, 0.2) is 0 Å². The first-order chi connectivity index (χ1) is 5.81. The number of hydrogen-bond acceptors (Lipinski definition) is 4. The Labute approximate surface area is 73.7 Å². The van der Waals surface area contributed by atoms with E-state index >= 15 is 0 Å². The van der Waals surface area contributed by atoms with Gasteiger partial charge in [0.05, 0.1) is 13.2 Å². The van der Waals surface area contributed by atoms with Crippen LogP contribution >= 0.6 is 0 Å². The summed E-state index contributed by atoms with van der Waals surface area (Å²) in [4.78, 5) is 9.14. The van der Waals surface area contributed by atoms with E-state index in [2.05, 4.69) is 19.2 Å². The first-order valence-electron chi connectivity index (χ1n) is 4.11. The van der Waals surface area contributed by atoms with E-state index in [1.54, 1.807) is 14.2 Å². The zero-order valence-electron chi connectivity index (χ0n) is 8.04. The molecule has 0 amide bonds. The summed E-state index contributed by atoms with van der Waals surface area (Å²) in [6, 6.07) is 0. The molecule has 1 rings (SSSR count). The molecule has 0 aromatic rings. The molecule has 0 radical (unpaired) electrons. The molecule has 74 valence electrons. The lowest BCUT2D eigenvalue weighted by Crippen LogP contribution is -2.05. The molecule has 1 aliphatic heterocycles. The molecule has 0 atom stereocenters. The van der Waals surface area contributed by atoms with Gasteiger partial charge in [0, 0.05) is 14.2 Å². The molecule has 1 aliphatic rings. The molecule has 1 fully saturated rings. The van der Waals surface area contributed by atoms with Gasteiger partial charge in [-0.25, -0.2) is 9.78 Å². The van der Waals surface area contributed by atoms with E-state index in [1.165, 1.54) is 0 Å². The molecule has 0 spiro atoms. The molecule has 0 N–H and O–H groups in total. The number of ether oxygens (including phenoxy) is 2. The standard InChI is InChI=1S/C4H8O2.C4H10O2/c1-2-4-6-5-3-1;1-4(5-2)6-3/h1-4H2;4H,1-3H3. The molecule has 12 heavy (non-hydrogen) atoms. The maximum Gasteiger partial charge on any atom is 0.154 e. The van der Waals surface area contributed by atoms with Crippen LogP contribution in [0.25, 0.3) is 0 Å². The smallest absolute Gasteiger partial charge is 0.154 e. The van der Waals surface area contributed by atoms with E-state index in [1.807, 2.05) is 6.92 Å². The van der Waals surface area contributed by atoms with Crippen LogP contribution in [0, 0.1) is 0 Å². The Morgan fingerprint density at radius 2 is 1.42 bits per heavy atom. The minimum Gasteiger partial charge on any atom is -0.356 e. The summed E-state index contributed by atoms with van der Waals surface area (Å²) in [5.74, 6) is 0. The fourth-order valence-electron chi connectivity index (χ4n) is 0.536. The van der Waals surface area contributed by atoms with E-state index in [9.17, 15) is 0 Å². The Morgan fingerprint density at radius 3 is 1.50 bits per heavy atom. The second-order valence-corrected chi connectivity index (χ2v) is 2.39. The predicted molar refractivity (Wildman–Crippen MR) is 44.6 cm³/mol. The first kappa shape index (κ1) is 11.8. The van der Waals surface area contributed by atoms with E-state index < -0.39 is 0 Å². The average molecular weight is 178 g/mol. The second kappa shape index (κ2) is 8.93. The van der Waals surface area contributed by atoms with Gasteiger partial charge in [-0.1, -0.05) is 0 Å². The summed E-state index contributed by atoms with van der Waals surface area (Å²) in [6.07, 6.45) is 2.24. The third kappa shape index (κ3) is 7.94. The molecule has 0 bridgehead atoms. The zero-order valence-corrected chi connectivity index (χ0v) is 8.04. The molecule has 4 nitrogen and oxygen atoms in total. The van der Waals surface area contributed by atoms with Crippen molar-refractivity contribution in [3.63, 3.8) is 0 Å². The van der Waals surface area contributed by atoms with Crippen molar-refractivity contribution in [3.05, 3.63) is 0 Å². The van der Waals surface area contributed by atoms with Gasteiger partial charge in [0.15, 0.2) is 6.29 Å². The minimum absolute atomic E-state index is 0.0648. The maximum atomic E-state index is 4.68. The summed E-state index contributed by atoms with van der Waals surface area (Å²) in [5, 5.41) is 0. The molecule has 1 heterocycles. The third-order valence-electron chi connectivity index (χ3n) is 1.45. The van der Waals surface area contributed by atoms with E-state index in [0.29, 0.717) is 0 Å². The van der Waals surface area contributed by atoms with Gasteiger partial charge in [-0.2, -0.15) is 0 Å². The molecule has 4 heteroatoms. The van der Waals surface area contributed by atoms with E-state index in [4.69, 9.17) is 0 Å². The van der Waals surface area contributed by atoms with Gasteiger partial charge in [0.25, 0.3) is 0 Å². The summed E-state index contributed by atoms with van der Waals surface area (Å²) < 4.78 is 9.35. The van der Waals surface area contributed by atoms with Crippen molar-refractivity contribution in [1.29, 1.82) is 0 Å². The predicted octanol–water partition coefficient (Wildman–Crippen LogP) is 1.35. The average Bonchev–Trinajstić information content (AvgIpc) is 2.20. The number of rotatable bonds is 2. The SMILES string of the molecule is C1CCOOC1.COC(C)OC. The quantitative estimate of drug-likeness (QED) is 0.472. The Hall–Kier alpha value is -0.160. The summed E-state index contributed by atoms with van der Waals surface area (Å²) in [6.45, 7) is 3.39. The van der Waals surface area contributed by atoms with Gasteiger partial charge < -0.3 is 9.47 Å². The van der Waals surface area contributed by atoms with Crippen LogP contribution < -0.4 is 0 Å². The fourth-order valence-corrected chi connectivity index (χ4v) is 0.536. The van der Waals surface area contributed by atoms with Crippen LogP contribution in [0.1, 0.15) is 19.8 Å². The Morgan fingerprint density at radius 1 is 1.00 bits per heavy atom. The van der Waals surface area contributed by atoms with Gasteiger partial charge in [0.1, 0.15) is 0 Å². The normalized spacial score (nSPS) is 17.0. The lowest BCUT2D eigenvalue weighted by molar-refractivity contribution is -0.312. The Kier molecular flexibility index (Phi) is 8.81. The summed E-state index contributed by atoms with van der Waals surface area (Å²) in [5.41, 5.74) is 0. The molecular weight excluding hydrogens is 160 g/mol. The van der Waals surface area contributed by atoms with Gasteiger partial charge in [0.2, 0.25) is 0 Å². The van der Waals surface area contributed by atoms with Gasteiger partial charge >= 0.3 is 0 Å². The summed E-state index contributed by atoms with van der Waals surface area (Å²) >= 11 is 0. The zero-order chi connectivity index (χ0) is 9.23. The van der Waals surface area contributed by atoms with E-state index in [-0.39, 0.29) is 6.29 Å². The molecule has 1 saturated heterocycles. The highest BCUT2D eigenvalue weighted by molar-refractivity contribution is 4.36. The molecule has 0 unspecified atom stereocenters. The maximum absolute atomic E-state index is 4.68. The highest BCUT2D eigenvalue weighted by Crippen LogP contribution is 1.97. The molecule has 0 saturated carbocycles. The molecule has 0 aromatic heterocycles. The second-order valence-electron chi connectivity index (χ2n) is 2.39. The van der Waals surface area contributed by atoms with Crippen molar-refractivity contribution >= 4 is 0 Å². The van der Waals surface area contributed by atoms with Crippen LogP contribution in [0.3, 0.4) is 0 Å². The van der Waals surface area contributed by atoms with Crippen LogP contribution in [0.2, 0.25) is 0 Å². The summed E-state index contributed by atoms with van der Waals surface area (Å²) in [7, 11) is 3.21. The van der Waals surface area contributed by atoms with Crippen molar-refractivity contribution in [2.24, 2.45) is 0 Å². The monoisotopic (exact) mass is 178 g/mol. The Bertz CT molecular complexity index is 67.6. The van der Waals surface area contributed by atoms with Crippen molar-refractivity contribution in [3.8, 4) is 0 Å². The molecule has 0 aromatic carbocycles. The molecular formula is C8H18O4. The number of hydrogen-bond donors (Lipinski definition) is 0. The van der Waals surface area contributed by atoms with Crippen LogP contribution in [-0.4, -0.2) is 33.7 Å². The van der Waals surface area contributed by atoms with E-state index in [0.717, 1.165) is 26.1 Å². The number of methoxy groups -OCH3 is 2. The lowest BCUT2D eigenvalue weighted by Gasteiger charge is -2.07. The van der Waals surface area contributed by atoms with Crippen molar-refractivity contribution in [1.82, 2.24) is 0 Å². The van der Waals surface area contributed by atoms with Crippen LogP contribution in [-0.2, 0) is 19.2 Å². The fraction of sp³-hybridized carbons (Fsp3) is 1.00. The van der Waals surface area contributed by atoms with Crippen molar-refractivity contribution < 1.29 is 19.2 Å². The van der Waals surface area contributed by atoms with Gasteiger partial charge in [-0.3, -0.25) is 0 Å². The highest BCUT2D eigenvalue weighted by atomic mass is 17.2. The first-order valence-corrected chi connectivity index (χ1v) is 4.11. The Balaban J connectivity index is 0.000000202. The van der Waals surface area contributed by atoms with Gasteiger partial charge in [-0.05, 0) is 19.8 Å². The highest BCUT2D eigenvalue weighted by Gasteiger charge is 1.95. The van der Waals surface area contributed by atoms with Crippen molar-refractivity contribution in [2.45, 2.75) is 26.1 Å². The topological polar surface area (TPSA) is 36.9 Å². The van der Waals surface area contributed by atoms with Crippen molar-refractivity contribution in [2.75, 3.05) is 27.4 Å². The molecule has 0 aliphatic carbocycles. The lowest BCUT2D eigenvalue weighted by atomic mass is 10.3. The third-order valence-corrected chi connectivity index (χ3v) is 1.45. The van der Waals surface area contributed by atoms with Crippen LogP contribution in [0.4, 0.5) is 0 Å².